The molecule has 2 N–H and O–H groups in total. The first-order valence-electron chi connectivity index (χ1n) is 4.91. The summed E-state index contributed by atoms with van der Waals surface area (Å²) in [5, 5.41) is 14.1. The minimum atomic E-state index is 0.0561. The van der Waals surface area contributed by atoms with E-state index in [-0.39, 0.29) is 6.61 Å². The average Bonchev–Trinajstić information content (AvgIpc) is 2.29. The first-order chi connectivity index (χ1) is 7.40. The predicted octanol–water partition coefficient (Wildman–Crippen LogP) is 2.76. The molecule has 0 radical (unpaired) electrons. The van der Waals surface area contributed by atoms with E-state index in [0.717, 1.165) is 5.69 Å². The molecule has 0 heterocycles. The van der Waals surface area contributed by atoms with Gasteiger partial charge in [-0.1, -0.05) is 30.3 Å². The van der Waals surface area contributed by atoms with Crippen LogP contribution in [0.1, 0.15) is 0 Å². The summed E-state index contributed by atoms with van der Waals surface area (Å²) in [6.07, 6.45) is 3.40. The van der Waals surface area contributed by atoms with Crippen molar-refractivity contribution in [2.24, 2.45) is 0 Å². The van der Waals surface area contributed by atoms with Crippen LogP contribution < -0.4 is 5.32 Å². The molecule has 0 atom stereocenters. The number of rotatable bonds is 3. The van der Waals surface area contributed by atoms with E-state index in [1.165, 1.54) is 10.8 Å². The van der Waals surface area contributed by atoms with Gasteiger partial charge in [0.2, 0.25) is 0 Å². The Morgan fingerprint density at radius 1 is 1.07 bits per heavy atom. The number of hydrogen-bond acceptors (Lipinski definition) is 2. The molecule has 0 bridgehead atoms. The molecule has 0 spiro atoms. The Labute approximate surface area is 88.9 Å². The van der Waals surface area contributed by atoms with Crippen molar-refractivity contribution in [2.45, 2.75) is 0 Å². The monoisotopic (exact) mass is 199 g/mol. The number of anilines is 1. The molecule has 2 aromatic carbocycles. The van der Waals surface area contributed by atoms with Gasteiger partial charge in [0.25, 0.3) is 0 Å². The largest absolute Gasteiger partial charge is 0.392 e. The van der Waals surface area contributed by atoms with Gasteiger partial charge in [-0.25, -0.2) is 0 Å². The normalized spacial score (nSPS) is 11.0. The SMILES string of the molecule is OCC=CNc1ccc2ccccc2c1. The maximum absolute atomic E-state index is 8.59. The van der Waals surface area contributed by atoms with Gasteiger partial charge >= 0.3 is 0 Å². The van der Waals surface area contributed by atoms with Crippen LogP contribution in [-0.4, -0.2) is 11.7 Å². The second kappa shape index (κ2) is 4.62. The van der Waals surface area contributed by atoms with Crippen LogP contribution in [0.3, 0.4) is 0 Å². The van der Waals surface area contributed by atoms with E-state index in [0.29, 0.717) is 0 Å². The summed E-state index contributed by atoms with van der Waals surface area (Å²) in [5.41, 5.74) is 1.03. The van der Waals surface area contributed by atoms with Gasteiger partial charge in [-0.05, 0) is 35.2 Å². The number of fused-ring (bicyclic) bond motifs is 1. The average molecular weight is 199 g/mol. The van der Waals surface area contributed by atoms with Gasteiger partial charge in [0.05, 0.1) is 6.61 Å². The Kier molecular flexibility index (Phi) is 3.00. The van der Waals surface area contributed by atoms with Gasteiger partial charge in [0, 0.05) is 5.69 Å². The summed E-state index contributed by atoms with van der Waals surface area (Å²) in [6.45, 7) is 0.0561. The minimum absolute atomic E-state index is 0.0561. The summed E-state index contributed by atoms with van der Waals surface area (Å²) in [5.74, 6) is 0. The zero-order valence-corrected chi connectivity index (χ0v) is 8.35. The highest BCUT2D eigenvalue weighted by atomic mass is 16.2. The molecule has 2 nitrogen and oxygen atoms in total. The zero-order chi connectivity index (χ0) is 10.5. The minimum Gasteiger partial charge on any atom is -0.392 e. The molecule has 15 heavy (non-hydrogen) atoms. The van der Waals surface area contributed by atoms with Gasteiger partial charge in [-0.3, -0.25) is 0 Å². The first-order valence-corrected chi connectivity index (χ1v) is 4.91. The lowest BCUT2D eigenvalue weighted by atomic mass is 10.1. The lowest BCUT2D eigenvalue weighted by molar-refractivity contribution is 0.342. The van der Waals surface area contributed by atoms with Crippen LogP contribution in [0.4, 0.5) is 5.69 Å². The smallest absolute Gasteiger partial charge is 0.0629 e. The molecule has 0 unspecified atom stereocenters. The highest BCUT2D eigenvalue weighted by Crippen LogP contribution is 2.18. The maximum atomic E-state index is 8.59. The molecule has 0 aliphatic heterocycles. The molecule has 0 saturated heterocycles. The second-order valence-corrected chi connectivity index (χ2v) is 3.29. The summed E-state index contributed by atoms with van der Waals surface area (Å²) in [7, 11) is 0. The molecule has 0 aromatic heterocycles. The molecule has 0 aliphatic rings. The molecule has 2 rings (SSSR count). The molecule has 2 aromatic rings. The Bertz CT molecular complexity index is 477. The van der Waals surface area contributed by atoms with Crippen LogP contribution in [0.2, 0.25) is 0 Å². The summed E-state index contributed by atoms with van der Waals surface area (Å²) in [4.78, 5) is 0. The van der Waals surface area contributed by atoms with E-state index in [1.807, 2.05) is 18.2 Å². The van der Waals surface area contributed by atoms with Gasteiger partial charge < -0.3 is 10.4 Å². The van der Waals surface area contributed by atoms with Crippen molar-refractivity contribution in [3.63, 3.8) is 0 Å². The Hall–Kier alpha value is -1.80. The van der Waals surface area contributed by atoms with Crippen LogP contribution in [-0.2, 0) is 0 Å². The number of aliphatic hydroxyl groups excluding tert-OH is 1. The van der Waals surface area contributed by atoms with E-state index in [9.17, 15) is 0 Å². The van der Waals surface area contributed by atoms with Gasteiger partial charge in [0.1, 0.15) is 0 Å². The van der Waals surface area contributed by atoms with Crippen molar-refractivity contribution in [1.29, 1.82) is 0 Å². The van der Waals surface area contributed by atoms with E-state index >= 15 is 0 Å². The number of aliphatic hydroxyl groups is 1. The highest BCUT2D eigenvalue weighted by Gasteiger charge is 1.92. The lowest BCUT2D eigenvalue weighted by Gasteiger charge is -2.02. The topological polar surface area (TPSA) is 32.3 Å². The third kappa shape index (κ3) is 2.36. The first kappa shape index (κ1) is 9.74. The molecular weight excluding hydrogens is 186 g/mol. The van der Waals surface area contributed by atoms with Gasteiger partial charge in [0.15, 0.2) is 0 Å². The van der Waals surface area contributed by atoms with E-state index in [2.05, 4.69) is 29.6 Å². The van der Waals surface area contributed by atoms with Crippen LogP contribution in [0, 0.1) is 0 Å². The summed E-state index contributed by atoms with van der Waals surface area (Å²) in [6, 6.07) is 14.4. The van der Waals surface area contributed by atoms with Gasteiger partial charge in [-0.15, -0.1) is 0 Å². The molecular formula is C13H13NO. The second-order valence-electron chi connectivity index (χ2n) is 3.29. The number of nitrogens with one attached hydrogen (secondary N) is 1. The molecule has 76 valence electrons. The van der Waals surface area contributed by atoms with Gasteiger partial charge in [-0.2, -0.15) is 0 Å². The Balaban J connectivity index is 2.26. The Morgan fingerprint density at radius 2 is 1.87 bits per heavy atom. The van der Waals surface area contributed by atoms with Crippen LogP contribution in [0.15, 0.2) is 54.7 Å². The highest BCUT2D eigenvalue weighted by molar-refractivity contribution is 5.85. The Morgan fingerprint density at radius 3 is 2.67 bits per heavy atom. The fourth-order valence-corrected chi connectivity index (χ4v) is 1.49. The maximum Gasteiger partial charge on any atom is 0.0629 e. The van der Waals surface area contributed by atoms with Crippen molar-refractivity contribution in [1.82, 2.24) is 0 Å². The number of benzene rings is 2. The zero-order valence-electron chi connectivity index (χ0n) is 8.35. The van der Waals surface area contributed by atoms with E-state index in [1.54, 1.807) is 12.3 Å². The van der Waals surface area contributed by atoms with Crippen LogP contribution in [0.5, 0.6) is 0 Å². The predicted molar refractivity (Wildman–Crippen MR) is 63.8 cm³/mol. The van der Waals surface area contributed by atoms with Crippen molar-refractivity contribution >= 4 is 16.5 Å². The third-order valence-electron chi connectivity index (χ3n) is 2.22. The molecule has 0 aliphatic carbocycles. The lowest BCUT2D eigenvalue weighted by Crippen LogP contribution is -1.87. The van der Waals surface area contributed by atoms with Crippen molar-refractivity contribution in [3.05, 3.63) is 54.7 Å². The summed E-state index contributed by atoms with van der Waals surface area (Å²) >= 11 is 0. The third-order valence-corrected chi connectivity index (χ3v) is 2.22. The van der Waals surface area contributed by atoms with Crippen molar-refractivity contribution < 1.29 is 5.11 Å². The molecule has 0 fully saturated rings. The van der Waals surface area contributed by atoms with Crippen LogP contribution >= 0.6 is 0 Å². The van der Waals surface area contributed by atoms with E-state index < -0.39 is 0 Å². The summed E-state index contributed by atoms with van der Waals surface area (Å²) < 4.78 is 0. The molecule has 0 amide bonds. The standard InChI is InChI=1S/C13H13NO/c15-9-3-8-14-13-7-6-11-4-1-2-5-12(11)10-13/h1-8,10,14-15H,9H2. The van der Waals surface area contributed by atoms with Crippen LogP contribution in [0.25, 0.3) is 10.8 Å². The quantitative estimate of drug-likeness (QED) is 0.796. The molecule has 2 heteroatoms. The fourth-order valence-electron chi connectivity index (χ4n) is 1.49. The molecule has 0 saturated carbocycles. The van der Waals surface area contributed by atoms with E-state index in [4.69, 9.17) is 5.11 Å². The fraction of sp³-hybridized carbons (Fsp3) is 0.0769. The van der Waals surface area contributed by atoms with Crippen molar-refractivity contribution in [3.8, 4) is 0 Å². The number of hydrogen-bond donors (Lipinski definition) is 2. The van der Waals surface area contributed by atoms with Crippen molar-refractivity contribution in [2.75, 3.05) is 11.9 Å².